The molecule has 0 aliphatic heterocycles. The fraction of sp³-hybridized carbons (Fsp3) is 0.130. The summed E-state index contributed by atoms with van der Waals surface area (Å²) in [5.74, 6) is -0.175. The first-order valence-electron chi connectivity index (χ1n) is 9.24. The fourth-order valence-corrected chi connectivity index (χ4v) is 3.39. The van der Waals surface area contributed by atoms with Crippen LogP contribution in [-0.2, 0) is 6.54 Å². The van der Waals surface area contributed by atoms with E-state index in [1.54, 1.807) is 24.5 Å². The van der Waals surface area contributed by atoms with Crippen molar-refractivity contribution in [2.75, 3.05) is 5.32 Å². The van der Waals surface area contributed by atoms with E-state index in [0.29, 0.717) is 17.7 Å². The lowest BCUT2D eigenvalue weighted by atomic mass is 10.1. The van der Waals surface area contributed by atoms with Gasteiger partial charge in [-0.25, -0.2) is 0 Å². The van der Waals surface area contributed by atoms with Crippen molar-refractivity contribution < 1.29 is 4.79 Å². The van der Waals surface area contributed by atoms with Gasteiger partial charge in [0.1, 0.15) is 0 Å². The Hall–Kier alpha value is -3.98. The number of nitrogens with zero attached hydrogens (tertiary/aromatic N) is 4. The Morgan fingerprint density at radius 1 is 1.14 bits per heavy atom. The molecular weight excluding hydrogens is 362 g/mol. The van der Waals surface area contributed by atoms with Crippen molar-refractivity contribution in [1.82, 2.24) is 14.8 Å². The first-order valence-corrected chi connectivity index (χ1v) is 9.24. The lowest BCUT2D eigenvalue weighted by Crippen LogP contribution is -2.14. The molecule has 0 spiro atoms. The summed E-state index contributed by atoms with van der Waals surface area (Å²) >= 11 is 0. The molecule has 1 amide bonds. The first-order chi connectivity index (χ1) is 14.1. The number of nitrogens with one attached hydrogen (secondary N) is 1. The second kappa shape index (κ2) is 7.56. The van der Waals surface area contributed by atoms with Gasteiger partial charge in [-0.1, -0.05) is 24.3 Å². The molecule has 0 saturated carbocycles. The predicted octanol–water partition coefficient (Wildman–Crippen LogP) is 4.22. The summed E-state index contributed by atoms with van der Waals surface area (Å²) in [5, 5.41) is 18.3. The topological polar surface area (TPSA) is 83.6 Å². The molecule has 0 radical (unpaired) electrons. The number of nitriles is 1. The minimum atomic E-state index is -0.175. The number of aryl methyl sites for hydroxylation is 1. The van der Waals surface area contributed by atoms with Crippen molar-refractivity contribution in [3.05, 3.63) is 89.0 Å². The monoisotopic (exact) mass is 381 g/mol. The Morgan fingerprint density at radius 3 is 2.69 bits per heavy atom. The van der Waals surface area contributed by atoms with Crippen LogP contribution in [0.5, 0.6) is 0 Å². The van der Waals surface area contributed by atoms with Crippen molar-refractivity contribution in [1.29, 1.82) is 5.26 Å². The zero-order valence-corrected chi connectivity index (χ0v) is 16.2. The molecular formula is C23H19N5O. The summed E-state index contributed by atoms with van der Waals surface area (Å²) in [6.45, 7) is 4.38. The molecule has 0 bridgehead atoms. The van der Waals surface area contributed by atoms with Crippen LogP contribution in [0.15, 0.2) is 60.9 Å². The van der Waals surface area contributed by atoms with Gasteiger partial charge in [-0.2, -0.15) is 10.4 Å². The Morgan fingerprint density at radius 2 is 1.93 bits per heavy atom. The molecule has 1 N–H and O–H groups in total. The molecule has 2 aromatic carbocycles. The number of carbonyl (C=O) groups is 1. The maximum atomic E-state index is 13.0. The van der Waals surface area contributed by atoms with Crippen molar-refractivity contribution >= 4 is 22.4 Å². The maximum Gasteiger partial charge on any atom is 0.256 e. The lowest BCUT2D eigenvalue weighted by molar-refractivity contribution is 0.102. The summed E-state index contributed by atoms with van der Waals surface area (Å²) in [5.41, 5.74) is 4.61. The van der Waals surface area contributed by atoms with Gasteiger partial charge in [0.05, 0.1) is 35.3 Å². The van der Waals surface area contributed by atoms with Gasteiger partial charge in [-0.15, -0.1) is 0 Å². The van der Waals surface area contributed by atoms with Crippen LogP contribution in [0, 0.1) is 25.2 Å². The largest absolute Gasteiger partial charge is 0.319 e. The van der Waals surface area contributed by atoms with E-state index in [1.807, 2.05) is 54.9 Å². The number of pyridine rings is 1. The Balaban J connectivity index is 1.60. The second-order valence-electron chi connectivity index (χ2n) is 6.87. The zero-order valence-electron chi connectivity index (χ0n) is 16.2. The van der Waals surface area contributed by atoms with E-state index in [2.05, 4.69) is 21.5 Å². The fourth-order valence-electron chi connectivity index (χ4n) is 3.39. The molecule has 142 valence electrons. The van der Waals surface area contributed by atoms with Crippen LogP contribution in [0.2, 0.25) is 0 Å². The minimum absolute atomic E-state index is 0.175. The molecule has 0 fully saturated rings. The minimum Gasteiger partial charge on any atom is -0.319 e. The number of anilines is 1. The predicted molar refractivity (Wildman–Crippen MR) is 112 cm³/mol. The molecule has 4 rings (SSSR count). The Labute approximate surface area is 168 Å². The molecule has 0 aliphatic carbocycles. The van der Waals surface area contributed by atoms with Crippen LogP contribution in [-0.4, -0.2) is 20.7 Å². The quantitative estimate of drug-likeness (QED) is 0.574. The molecule has 4 aromatic rings. The van der Waals surface area contributed by atoms with Crippen LogP contribution in [0.25, 0.3) is 10.8 Å². The summed E-state index contributed by atoms with van der Waals surface area (Å²) in [7, 11) is 0. The number of rotatable bonds is 4. The second-order valence-corrected chi connectivity index (χ2v) is 6.87. The van der Waals surface area contributed by atoms with Crippen molar-refractivity contribution in [3.8, 4) is 6.07 Å². The Bertz CT molecular complexity index is 1240. The van der Waals surface area contributed by atoms with Crippen LogP contribution < -0.4 is 5.32 Å². The Kier molecular flexibility index (Phi) is 4.80. The molecule has 0 saturated heterocycles. The number of fused-ring (bicyclic) bond motifs is 1. The molecule has 6 heteroatoms. The van der Waals surface area contributed by atoms with Crippen LogP contribution >= 0.6 is 0 Å². The zero-order chi connectivity index (χ0) is 20.4. The number of hydrogen-bond acceptors (Lipinski definition) is 4. The highest BCUT2D eigenvalue weighted by molar-refractivity contribution is 6.13. The van der Waals surface area contributed by atoms with Gasteiger partial charge in [-0.3, -0.25) is 14.5 Å². The van der Waals surface area contributed by atoms with Crippen molar-refractivity contribution in [2.24, 2.45) is 0 Å². The number of benzene rings is 2. The lowest BCUT2D eigenvalue weighted by Gasteiger charge is -2.09. The van der Waals surface area contributed by atoms with Gasteiger partial charge >= 0.3 is 0 Å². The van der Waals surface area contributed by atoms with E-state index in [-0.39, 0.29) is 5.91 Å². The van der Waals surface area contributed by atoms with E-state index in [4.69, 9.17) is 5.26 Å². The molecule has 0 unspecified atom stereocenters. The van der Waals surface area contributed by atoms with Crippen LogP contribution in [0.1, 0.15) is 32.9 Å². The van der Waals surface area contributed by atoms with E-state index in [9.17, 15) is 4.79 Å². The van der Waals surface area contributed by atoms with Gasteiger partial charge in [0.2, 0.25) is 0 Å². The van der Waals surface area contributed by atoms with Crippen molar-refractivity contribution in [3.63, 3.8) is 0 Å². The average Bonchev–Trinajstić information content (AvgIpc) is 3.01. The summed E-state index contributed by atoms with van der Waals surface area (Å²) in [6.07, 6.45) is 3.43. The molecule has 0 atom stereocenters. The highest BCUT2D eigenvalue weighted by atomic mass is 16.1. The van der Waals surface area contributed by atoms with Gasteiger partial charge in [-0.05, 0) is 49.1 Å². The third kappa shape index (κ3) is 3.58. The molecule has 29 heavy (non-hydrogen) atoms. The SMILES string of the molecule is Cc1nn(Cc2ccc(C#N)cc2)c(C)c1NC(=O)c1cccc2cnccc12. The first kappa shape index (κ1) is 18.4. The van der Waals surface area contributed by atoms with E-state index < -0.39 is 0 Å². The van der Waals surface area contributed by atoms with Gasteiger partial charge in [0, 0.05) is 23.3 Å². The third-order valence-electron chi connectivity index (χ3n) is 4.96. The van der Waals surface area contributed by atoms with Gasteiger partial charge in [0.15, 0.2) is 0 Å². The molecule has 2 heterocycles. The normalized spacial score (nSPS) is 10.7. The van der Waals surface area contributed by atoms with E-state index in [0.717, 1.165) is 33.4 Å². The summed E-state index contributed by atoms with van der Waals surface area (Å²) in [4.78, 5) is 17.1. The summed E-state index contributed by atoms with van der Waals surface area (Å²) in [6, 6.07) is 17.0. The van der Waals surface area contributed by atoms with Crippen molar-refractivity contribution in [2.45, 2.75) is 20.4 Å². The number of amides is 1. The summed E-state index contributed by atoms with van der Waals surface area (Å²) < 4.78 is 1.86. The number of aromatic nitrogens is 3. The standard InChI is InChI=1S/C23H19N5O/c1-15-22(16(2)28(27-15)14-18-8-6-17(12-24)7-9-18)26-23(29)21-5-3-4-19-13-25-11-10-20(19)21/h3-11,13H,14H2,1-2H3,(H,26,29). The molecule has 6 nitrogen and oxygen atoms in total. The van der Waals surface area contributed by atoms with E-state index in [1.165, 1.54) is 0 Å². The van der Waals surface area contributed by atoms with Gasteiger partial charge in [0.25, 0.3) is 5.91 Å². The highest BCUT2D eigenvalue weighted by Crippen LogP contribution is 2.23. The third-order valence-corrected chi connectivity index (χ3v) is 4.96. The van der Waals surface area contributed by atoms with Crippen LogP contribution in [0.4, 0.5) is 5.69 Å². The average molecular weight is 381 g/mol. The smallest absolute Gasteiger partial charge is 0.256 e. The molecule has 0 aliphatic rings. The number of hydrogen-bond donors (Lipinski definition) is 1. The maximum absolute atomic E-state index is 13.0. The van der Waals surface area contributed by atoms with Gasteiger partial charge < -0.3 is 5.32 Å². The number of carbonyl (C=O) groups excluding carboxylic acids is 1. The highest BCUT2D eigenvalue weighted by Gasteiger charge is 2.17. The van der Waals surface area contributed by atoms with E-state index >= 15 is 0 Å². The molecule has 2 aromatic heterocycles. The van der Waals surface area contributed by atoms with Crippen LogP contribution in [0.3, 0.4) is 0 Å².